The molecule has 2 aromatic carbocycles. The van der Waals surface area contributed by atoms with E-state index in [4.69, 9.17) is 17.1 Å². The number of anilines is 1. The number of amides is 1. The van der Waals surface area contributed by atoms with Gasteiger partial charge in [0.25, 0.3) is 15.9 Å². The van der Waals surface area contributed by atoms with Gasteiger partial charge in [-0.25, -0.2) is 8.42 Å². The molecule has 0 aromatic heterocycles. The molecule has 112 valence electrons. The second kappa shape index (κ2) is 6.48. The van der Waals surface area contributed by atoms with Crippen LogP contribution < -0.4 is 5.32 Å². The molecule has 0 saturated heterocycles. The number of sulfonamides is 1. The fraction of sp³-hybridized carbons (Fsp3) is 0. The number of hydrogen-bond donors (Lipinski definition) is 1. The number of carbonyl (C=O) groups excluding carboxylic acids is 1. The lowest BCUT2D eigenvalue weighted by atomic mass is 10.2. The average Bonchev–Trinajstić information content (AvgIpc) is 2.48. The van der Waals surface area contributed by atoms with Crippen LogP contribution in [0.25, 0.3) is 10.4 Å². The fourth-order valence-electron chi connectivity index (χ4n) is 1.61. The summed E-state index contributed by atoms with van der Waals surface area (Å²) in [5.41, 5.74) is 9.01. The van der Waals surface area contributed by atoms with E-state index in [0.29, 0.717) is 16.3 Å². The molecule has 1 N–H and O–H groups in total. The van der Waals surface area contributed by atoms with Crippen molar-refractivity contribution in [2.75, 3.05) is 5.32 Å². The van der Waals surface area contributed by atoms with Crippen molar-refractivity contribution < 1.29 is 13.2 Å². The van der Waals surface area contributed by atoms with Crippen molar-refractivity contribution in [3.05, 3.63) is 69.6 Å². The van der Waals surface area contributed by atoms with E-state index in [1.165, 1.54) is 24.3 Å². The summed E-state index contributed by atoms with van der Waals surface area (Å²) in [4.78, 5) is 14.1. The van der Waals surface area contributed by atoms with Crippen LogP contribution >= 0.6 is 11.6 Å². The topological polar surface area (TPSA) is 112 Å². The zero-order valence-corrected chi connectivity index (χ0v) is 12.5. The monoisotopic (exact) mass is 336 g/mol. The van der Waals surface area contributed by atoms with Crippen molar-refractivity contribution in [2.45, 2.75) is 4.90 Å². The zero-order valence-electron chi connectivity index (χ0n) is 11.0. The van der Waals surface area contributed by atoms with E-state index in [1.54, 1.807) is 24.3 Å². The molecule has 0 spiro atoms. The van der Waals surface area contributed by atoms with Gasteiger partial charge in [0, 0.05) is 25.7 Å². The zero-order chi connectivity index (χ0) is 16.2. The number of benzene rings is 2. The van der Waals surface area contributed by atoms with E-state index < -0.39 is 10.0 Å². The minimum absolute atomic E-state index is 0.158. The number of rotatable bonds is 4. The van der Waals surface area contributed by atoms with Gasteiger partial charge in [-0.1, -0.05) is 11.6 Å². The highest BCUT2D eigenvalue weighted by Gasteiger charge is 2.12. The van der Waals surface area contributed by atoms with Gasteiger partial charge in [0.1, 0.15) is 0 Å². The van der Waals surface area contributed by atoms with Gasteiger partial charge < -0.3 is 5.32 Å². The van der Waals surface area contributed by atoms with Gasteiger partial charge >= 0.3 is 0 Å². The van der Waals surface area contributed by atoms with E-state index in [0.717, 1.165) is 0 Å². The molecule has 1 amide bonds. The smallest absolute Gasteiger partial charge is 0.264 e. The Labute approximate surface area is 131 Å². The molecule has 0 radical (unpaired) electrons. The lowest BCUT2D eigenvalue weighted by Gasteiger charge is -2.06. The molecule has 0 atom stereocenters. The molecule has 0 bridgehead atoms. The molecule has 7 nitrogen and oxygen atoms in total. The van der Waals surface area contributed by atoms with E-state index >= 15 is 0 Å². The largest absolute Gasteiger partial charge is 0.322 e. The highest BCUT2D eigenvalue weighted by atomic mass is 35.5. The fourth-order valence-corrected chi connectivity index (χ4v) is 2.41. The molecular formula is C13H9ClN4O3S. The Balaban J connectivity index is 2.16. The van der Waals surface area contributed by atoms with Crippen molar-refractivity contribution in [3.8, 4) is 0 Å². The maximum atomic E-state index is 12.0. The average molecular weight is 337 g/mol. The van der Waals surface area contributed by atoms with Crippen LogP contribution in [0.15, 0.2) is 57.9 Å². The van der Waals surface area contributed by atoms with Crippen LogP contribution in [0.5, 0.6) is 0 Å². The van der Waals surface area contributed by atoms with Crippen molar-refractivity contribution in [1.82, 2.24) is 0 Å². The predicted octanol–water partition coefficient (Wildman–Crippen LogP) is 3.59. The summed E-state index contributed by atoms with van der Waals surface area (Å²) in [5.74, 6) is -0.359. The van der Waals surface area contributed by atoms with Crippen LogP contribution in [0.2, 0.25) is 5.02 Å². The molecule has 0 aliphatic heterocycles. The first-order valence-electron chi connectivity index (χ1n) is 5.91. The third kappa shape index (κ3) is 3.76. The summed E-state index contributed by atoms with van der Waals surface area (Å²) < 4.78 is 25.7. The van der Waals surface area contributed by atoms with Crippen LogP contribution in [0.3, 0.4) is 0 Å². The van der Waals surface area contributed by atoms with Crippen LogP contribution in [0.4, 0.5) is 5.69 Å². The minimum Gasteiger partial charge on any atom is -0.322 e. The molecule has 0 aliphatic rings. The van der Waals surface area contributed by atoms with Crippen molar-refractivity contribution in [2.24, 2.45) is 4.52 Å². The Kier molecular flexibility index (Phi) is 4.67. The molecular weight excluding hydrogens is 328 g/mol. The molecule has 0 heterocycles. The van der Waals surface area contributed by atoms with Crippen molar-refractivity contribution >= 4 is 33.2 Å². The van der Waals surface area contributed by atoms with Crippen molar-refractivity contribution in [1.29, 1.82) is 0 Å². The third-order valence-corrected chi connectivity index (χ3v) is 4.07. The number of nitrogens with one attached hydrogen (secondary N) is 1. The lowest BCUT2D eigenvalue weighted by molar-refractivity contribution is 0.102. The van der Waals surface area contributed by atoms with Gasteiger partial charge in [-0.3, -0.25) is 4.79 Å². The summed E-state index contributed by atoms with van der Waals surface area (Å²) in [6.45, 7) is 0. The Morgan fingerprint density at radius 1 is 1.09 bits per heavy atom. The number of halogens is 1. The second-order valence-electron chi connectivity index (χ2n) is 4.13. The highest BCUT2D eigenvalue weighted by molar-refractivity contribution is 7.90. The van der Waals surface area contributed by atoms with E-state index in [9.17, 15) is 13.2 Å². The standard InChI is InChI=1S/C13H9ClN4O3S/c14-10-3-1-9(2-4-10)13(19)16-11-5-7-12(8-6-11)22(20,21)18-17-15/h1-8H,(H,16,19). The van der Waals surface area contributed by atoms with Crippen molar-refractivity contribution in [3.63, 3.8) is 0 Å². The van der Waals surface area contributed by atoms with E-state index in [-0.39, 0.29) is 10.8 Å². The highest BCUT2D eigenvalue weighted by Crippen LogP contribution is 2.17. The van der Waals surface area contributed by atoms with Gasteiger partial charge in [-0.2, -0.15) is 0 Å². The molecule has 0 unspecified atom stereocenters. The van der Waals surface area contributed by atoms with Gasteiger partial charge in [-0.15, -0.1) is 0 Å². The lowest BCUT2D eigenvalue weighted by Crippen LogP contribution is -2.11. The number of azide groups is 1. The second-order valence-corrected chi connectivity index (χ2v) is 6.15. The Bertz CT molecular complexity index is 842. The maximum absolute atomic E-state index is 12.0. The maximum Gasteiger partial charge on any atom is 0.264 e. The minimum atomic E-state index is -4.03. The first-order valence-corrected chi connectivity index (χ1v) is 7.72. The molecule has 0 aliphatic carbocycles. The molecule has 22 heavy (non-hydrogen) atoms. The molecule has 0 fully saturated rings. The summed E-state index contributed by atoms with van der Waals surface area (Å²) >= 11 is 5.74. The SMILES string of the molecule is [N-]=[N+]=NS(=O)(=O)c1ccc(NC(=O)c2ccc(Cl)cc2)cc1. The summed E-state index contributed by atoms with van der Waals surface area (Å²) in [5, 5.41) is 3.13. The Hall–Kier alpha value is -2.54. The van der Waals surface area contributed by atoms with Crippen LogP contribution in [0, 0.1) is 0 Å². The predicted molar refractivity (Wildman–Crippen MR) is 82.2 cm³/mol. The summed E-state index contributed by atoms with van der Waals surface area (Å²) in [6, 6.07) is 11.6. The van der Waals surface area contributed by atoms with Crippen LogP contribution in [-0.2, 0) is 10.0 Å². The van der Waals surface area contributed by atoms with Gasteiger partial charge in [-0.05, 0) is 54.1 Å². The molecule has 2 aromatic rings. The molecule has 9 heteroatoms. The van der Waals surface area contributed by atoms with Crippen LogP contribution in [0.1, 0.15) is 10.4 Å². The Morgan fingerprint density at radius 3 is 2.23 bits per heavy atom. The van der Waals surface area contributed by atoms with Gasteiger partial charge in [0.2, 0.25) is 0 Å². The van der Waals surface area contributed by atoms with E-state index in [2.05, 4.69) is 14.7 Å². The molecule has 2 rings (SSSR count). The van der Waals surface area contributed by atoms with E-state index in [1.807, 2.05) is 0 Å². The number of hydrogen-bond acceptors (Lipinski definition) is 3. The number of nitrogens with zero attached hydrogens (tertiary/aromatic N) is 3. The quantitative estimate of drug-likeness (QED) is 0.523. The first kappa shape index (κ1) is 15.8. The first-order chi connectivity index (χ1) is 10.4. The van der Waals surface area contributed by atoms with Gasteiger partial charge in [0.15, 0.2) is 0 Å². The van der Waals surface area contributed by atoms with Gasteiger partial charge in [0.05, 0.1) is 4.90 Å². The Morgan fingerprint density at radius 2 is 1.68 bits per heavy atom. The molecule has 0 saturated carbocycles. The summed E-state index contributed by atoms with van der Waals surface area (Å²) in [7, 11) is -4.03. The van der Waals surface area contributed by atoms with Crippen LogP contribution in [-0.4, -0.2) is 14.3 Å². The normalized spacial score (nSPS) is 10.6. The third-order valence-electron chi connectivity index (χ3n) is 2.66. The number of carbonyl (C=O) groups is 1. The summed E-state index contributed by atoms with van der Waals surface area (Å²) in [6.07, 6.45) is 0.